The first-order valence-corrected chi connectivity index (χ1v) is 13.1. The summed E-state index contributed by atoms with van der Waals surface area (Å²) in [4.78, 5) is 12.8. The molecule has 0 atom stereocenters. The molecule has 0 fully saturated rings. The largest absolute Gasteiger partial charge is 1.00 e. The third-order valence-electron chi connectivity index (χ3n) is 5.18. The van der Waals surface area contributed by atoms with Gasteiger partial charge in [0.15, 0.2) is 22.4 Å². The van der Waals surface area contributed by atoms with Gasteiger partial charge in [0.2, 0.25) is 0 Å². The van der Waals surface area contributed by atoms with Gasteiger partial charge in [-0.15, -0.1) is 22.7 Å². The molecule has 0 spiro atoms. The molecule has 0 saturated heterocycles. The van der Waals surface area contributed by atoms with Gasteiger partial charge in [-0.1, -0.05) is 61.3 Å². The third-order valence-corrected chi connectivity index (χ3v) is 8.05. The fourth-order valence-electron chi connectivity index (χ4n) is 2.78. The second-order valence-corrected chi connectivity index (χ2v) is 11.4. The first-order chi connectivity index (χ1) is 16.1. The molecule has 0 radical (unpaired) electrons. The van der Waals surface area contributed by atoms with Crippen LogP contribution in [0.1, 0.15) is 39.1 Å². The molecule has 0 aliphatic heterocycles. The minimum atomic E-state index is -0.546. The normalized spacial score (nSPS) is 10.8. The SMILES string of the molecule is CC(C)(CN)c1nc(-c2ccc(Cl)cc2)cs1.[AlH3].[C-]#[N+]C(C)(C)c1nc(-c2ccc(Cl)cc2)cs1.[H-].[Li+]. The molecule has 2 aromatic heterocycles. The Morgan fingerprint density at radius 2 is 1.22 bits per heavy atom. The van der Waals surface area contributed by atoms with Gasteiger partial charge in [0.1, 0.15) is 5.01 Å². The van der Waals surface area contributed by atoms with Crippen LogP contribution in [0.3, 0.4) is 0 Å². The van der Waals surface area contributed by atoms with Crippen LogP contribution in [0.5, 0.6) is 0 Å². The van der Waals surface area contributed by atoms with E-state index in [2.05, 4.69) is 34.0 Å². The number of aromatic nitrogens is 2. The Bertz CT molecular complexity index is 1290. The average Bonchev–Trinajstić information content (AvgIpc) is 3.52. The molecule has 0 aliphatic rings. The van der Waals surface area contributed by atoms with Crippen LogP contribution in [0.4, 0.5) is 0 Å². The van der Waals surface area contributed by atoms with Gasteiger partial charge in [-0.2, -0.15) is 0 Å². The van der Waals surface area contributed by atoms with Gasteiger partial charge in [-0.3, -0.25) is 0 Å². The first-order valence-electron chi connectivity index (χ1n) is 10.6. The topological polar surface area (TPSA) is 56.2 Å². The number of thiazole rings is 2. The Kier molecular flexibility index (Phi) is 12.9. The maximum Gasteiger partial charge on any atom is 1.00 e. The van der Waals surface area contributed by atoms with E-state index in [0.29, 0.717) is 11.6 Å². The molecule has 184 valence electrons. The predicted molar refractivity (Wildman–Crippen MR) is 158 cm³/mol. The van der Waals surface area contributed by atoms with E-state index >= 15 is 0 Å². The molecule has 0 amide bonds. The van der Waals surface area contributed by atoms with Crippen molar-refractivity contribution in [3.8, 4) is 22.5 Å². The molecule has 4 aromatic rings. The van der Waals surface area contributed by atoms with Gasteiger partial charge in [0.05, 0.1) is 11.4 Å². The second kappa shape index (κ2) is 14.1. The van der Waals surface area contributed by atoms with Gasteiger partial charge in [-0.25, -0.2) is 16.5 Å². The van der Waals surface area contributed by atoms with E-state index in [1.807, 2.05) is 67.8 Å². The van der Waals surface area contributed by atoms with Crippen LogP contribution in [0.2, 0.25) is 10.0 Å². The fourth-order valence-corrected chi connectivity index (χ4v) is 4.90. The molecule has 2 N–H and O–H groups in total. The maximum absolute atomic E-state index is 7.16. The van der Waals surface area contributed by atoms with E-state index in [-0.39, 0.29) is 43.1 Å². The molecule has 4 rings (SSSR count). The van der Waals surface area contributed by atoms with Crippen LogP contribution in [0.15, 0.2) is 59.3 Å². The van der Waals surface area contributed by atoms with Crippen LogP contribution >= 0.6 is 45.9 Å². The van der Waals surface area contributed by atoms with Crippen molar-refractivity contribution in [2.24, 2.45) is 5.73 Å². The van der Waals surface area contributed by atoms with Crippen molar-refractivity contribution in [1.82, 2.24) is 9.97 Å². The van der Waals surface area contributed by atoms with Crippen molar-refractivity contribution in [2.75, 3.05) is 6.54 Å². The summed E-state index contributed by atoms with van der Waals surface area (Å²) in [6.45, 7) is 15.7. The Balaban J connectivity index is 0.000000648. The number of nitrogens with zero attached hydrogens (tertiary/aromatic N) is 3. The van der Waals surface area contributed by atoms with Gasteiger partial charge >= 0.3 is 18.9 Å². The van der Waals surface area contributed by atoms with Crippen LogP contribution in [-0.4, -0.2) is 33.9 Å². The van der Waals surface area contributed by atoms with Crippen molar-refractivity contribution in [3.63, 3.8) is 0 Å². The third kappa shape index (κ3) is 8.44. The van der Waals surface area contributed by atoms with Gasteiger partial charge in [0, 0.05) is 57.7 Å². The maximum atomic E-state index is 7.16. The van der Waals surface area contributed by atoms with Crippen LogP contribution in [0, 0.1) is 6.57 Å². The number of hydrogen-bond donors (Lipinski definition) is 1. The van der Waals surface area contributed by atoms with Crippen molar-refractivity contribution in [1.29, 1.82) is 0 Å². The Hall–Kier alpha value is -1.14. The number of rotatable bonds is 5. The summed E-state index contributed by atoms with van der Waals surface area (Å²) in [6.07, 6.45) is 0. The van der Waals surface area contributed by atoms with Gasteiger partial charge in [-0.05, 0) is 24.3 Å². The van der Waals surface area contributed by atoms with E-state index in [4.69, 9.17) is 35.5 Å². The summed E-state index contributed by atoms with van der Waals surface area (Å²) in [5.74, 6) is 0. The van der Waals surface area contributed by atoms with E-state index < -0.39 is 5.54 Å². The molecule has 0 bridgehead atoms. The van der Waals surface area contributed by atoms with E-state index in [9.17, 15) is 0 Å². The van der Waals surface area contributed by atoms with Crippen LogP contribution in [-0.2, 0) is 11.0 Å². The Labute approximate surface area is 255 Å². The molecule has 0 unspecified atom stereocenters. The summed E-state index contributed by atoms with van der Waals surface area (Å²) in [7, 11) is 0. The minimum absolute atomic E-state index is 0. The summed E-state index contributed by atoms with van der Waals surface area (Å²) >= 11 is 14.9. The van der Waals surface area contributed by atoms with E-state index in [0.717, 1.165) is 37.6 Å². The zero-order valence-electron chi connectivity index (χ0n) is 21.5. The molecular weight excluding hydrogens is 537 g/mol. The first kappa shape index (κ1) is 32.9. The van der Waals surface area contributed by atoms with Gasteiger partial charge in [0.25, 0.3) is 5.54 Å². The molecule has 2 heterocycles. The van der Waals surface area contributed by atoms with Crippen molar-refractivity contribution < 1.29 is 20.3 Å². The molecule has 4 nitrogen and oxygen atoms in total. The molecule has 36 heavy (non-hydrogen) atoms. The smallest absolute Gasteiger partial charge is 1.00 e. The quantitative estimate of drug-likeness (QED) is 0.290. The number of hydrogen-bond acceptors (Lipinski definition) is 5. The minimum Gasteiger partial charge on any atom is -1.00 e. The Morgan fingerprint density at radius 3 is 1.61 bits per heavy atom. The summed E-state index contributed by atoms with van der Waals surface area (Å²) in [5.41, 5.74) is 9.15. The predicted octanol–water partition coefficient (Wildman–Crippen LogP) is 4.25. The standard InChI is InChI=1S/C13H11ClN2S.C13H15ClN2S.Al.Li.4H/c1-13(2,15-3)12-16-11(8-17-12)9-4-6-10(14)7-5-9;1-13(2,8-15)12-16-11(7-17-12)9-3-5-10(14)6-4-9;;;;;;/h4-8H,1-2H3;3-7H,8,15H2,1-2H3;;;;;;/q;;;+1;;;;-1. The monoisotopic (exact) mass is 566 g/mol. The molecule has 0 aliphatic carbocycles. The van der Waals surface area contributed by atoms with Gasteiger partial charge < -0.3 is 12.0 Å². The number of halogens is 2. The number of benzene rings is 2. The average molecular weight is 568 g/mol. The Morgan fingerprint density at radius 1 is 0.833 bits per heavy atom. The van der Waals surface area contributed by atoms with Crippen LogP contribution < -0.4 is 24.6 Å². The van der Waals surface area contributed by atoms with E-state index in [1.165, 1.54) is 11.3 Å². The van der Waals surface area contributed by atoms with Crippen molar-refractivity contribution in [2.45, 2.75) is 38.6 Å². The number of nitrogens with two attached hydrogens (primary N) is 1. The summed E-state index contributed by atoms with van der Waals surface area (Å²) in [6, 6.07) is 15.3. The molecule has 2 aromatic carbocycles. The molecule has 10 heteroatoms. The van der Waals surface area contributed by atoms with E-state index in [1.54, 1.807) is 11.3 Å². The summed E-state index contributed by atoms with van der Waals surface area (Å²) in [5, 5.41) is 7.42. The molecule has 0 saturated carbocycles. The summed E-state index contributed by atoms with van der Waals surface area (Å²) < 4.78 is 0. The zero-order valence-corrected chi connectivity index (χ0v) is 23.6. The second-order valence-electron chi connectivity index (χ2n) is 8.85. The van der Waals surface area contributed by atoms with Crippen LogP contribution in [0.25, 0.3) is 27.4 Å². The zero-order chi connectivity index (χ0) is 24.9. The van der Waals surface area contributed by atoms with Crippen molar-refractivity contribution in [3.05, 3.63) is 90.8 Å². The molecular formula is C26H30AlCl2LiN4S2. The fraction of sp³-hybridized carbons (Fsp3) is 0.269. The van der Waals surface area contributed by atoms with Crippen molar-refractivity contribution >= 4 is 63.2 Å².